The molecule has 0 amide bonds. The van der Waals surface area contributed by atoms with Gasteiger partial charge in [-0.15, -0.1) is 0 Å². The van der Waals surface area contributed by atoms with Gasteiger partial charge in [0, 0.05) is 19.3 Å². The van der Waals surface area contributed by atoms with Crippen molar-refractivity contribution in [2.75, 3.05) is 6.61 Å². The molecule has 2 N–H and O–H groups in total. The zero-order valence-corrected chi connectivity index (χ0v) is 11.5. The highest BCUT2D eigenvalue weighted by atomic mass is 127. The number of halogens is 1. The number of rotatable bonds is 3. The average molecular weight is 350 g/mol. The maximum atomic E-state index is 11.6. The Bertz CT molecular complexity index is 508. The van der Waals surface area contributed by atoms with Crippen LogP contribution in [0.5, 0.6) is 0 Å². The van der Waals surface area contributed by atoms with Gasteiger partial charge in [-0.25, -0.2) is 4.79 Å². The van der Waals surface area contributed by atoms with E-state index in [-0.39, 0.29) is 17.9 Å². The van der Waals surface area contributed by atoms with E-state index in [1.54, 1.807) is 10.8 Å². The number of hydrogen-bond acceptors (Lipinski definition) is 3. The molecule has 17 heavy (non-hydrogen) atoms. The lowest BCUT2D eigenvalue weighted by Crippen LogP contribution is -2.32. The highest BCUT2D eigenvalue weighted by molar-refractivity contribution is 14.1. The number of hydrogen-bond donors (Lipinski definition) is 2. The molecule has 2 rings (SSSR count). The van der Waals surface area contributed by atoms with Gasteiger partial charge in [0.2, 0.25) is 0 Å². The van der Waals surface area contributed by atoms with Gasteiger partial charge in [-0.1, -0.05) is 0 Å². The summed E-state index contributed by atoms with van der Waals surface area (Å²) >= 11 is 1.92. The normalized spacial score (nSPS) is 24.1. The van der Waals surface area contributed by atoms with Crippen LogP contribution >= 0.6 is 22.6 Å². The molecule has 1 heterocycles. The van der Waals surface area contributed by atoms with Gasteiger partial charge in [-0.2, -0.15) is 0 Å². The lowest BCUT2D eigenvalue weighted by atomic mass is 10.1. The van der Waals surface area contributed by atoms with Crippen LogP contribution in [-0.2, 0) is 6.54 Å². The zero-order valence-electron chi connectivity index (χ0n) is 9.36. The minimum Gasteiger partial charge on any atom is -0.396 e. The molecule has 0 radical (unpaired) electrons. The van der Waals surface area contributed by atoms with Gasteiger partial charge in [0.25, 0.3) is 5.56 Å². The van der Waals surface area contributed by atoms with E-state index < -0.39 is 0 Å². The fraction of sp³-hybridized carbons (Fsp3) is 0.636. The van der Waals surface area contributed by atoms with E-state index in [9.17, 15) is 9.59 Å². The number of aromatic amines is 1. The summed E-state index contributed by atoms with van der Waals surface area (Å²) in [6.45, 7) is 0.858. The van der Waals surface area contributed by atoms with E-state index in [0.717, 1.165) is 19.3 Å². The van der Waals surface area contributed by atoms with Crippen LogP contribution in [-0.4, -0.2) is 21.3 Å². The largest absolute Gasteiger partial charge is 0.396 e. The minimum atomic E-state index is -0.345. The van der Waals surface area contributed by atoms with Gasteiger partial charge in [0.15, 0.2) is 0 Å². The van der Waals surface area contributed by atoms with Crippen molar-refractivity contribution in [2.45, 2.75) is 25.8 Å². The summed E-state index contributed by atoms with van der Waals surface area (Å²) in [7, 11) is 0. The van der Waals surface area contributed by atoms with Crippen molar-refractivity contribution in [1.82, 2.24) is 9.55 Å². The highest BCUT2D eigenvalue weighted by Crippen LogP contribution is 2.31. The maximum absolute atomic E-state index is 11.6. The molecular weight excluding hydrogens is 335 g/mol. The molecule has 1 saturated carbocycles. The Hall–Kier alpha value is -0.630. The molecule has 0 aliphatic heterocycles. The maximum Gasteiger partial charge on any atom is 0.328 e. The van der Waals surface area contributed by atoms with E-state index in [2.05, 4.69) is 4.98 Å². The Kier molecular flexibility index (Phi) is 4.03. The second-order valence-corrected chi connectivity index (χ2v) is 5.78. The number of H-pyrrole nitrogens is 1. The molecule has 2 unspecified atom stereocenters. The first-order valence-electron chi connectivity index (χ1n) is 5.70. The Morgan fingerprint density at radius 3 is 2.76 bits per heavy atom. The van der Waals surface area contributed by atoms with Crippen LogP contribution in [0.4, 0.5) is 0 Å². The zero-order chi connectivity index (χ0) is 12.4. The van der Waals surface area contributed by atoms with Crippen molar-refractivity contribution in [3.63, 3.8) is 0 Å². The fourth-order valence-corrected chi connectivity index (χ4v) is 2.88. The van der Waals surface area contributed by atoms with Gasteiger partial charge in [-0.3, -0.25) is 14.3 Å². The second kappa shape index (κ2) is 5.34. The topological polar surface area (TPSA) is 75.1 Å². The van der Waals surface area contributed by atoms with Crippen molar-refractivity contribution < 1.29 is 5.11 Å². The van der Waals surface area contributed by atoms with E-state index >= 15 is 0 Å². The van der Waals surface area contributed by atoms with Gasteiger partial charge in [0.05, 0.1) is 3.57 Å². The number of nitrogens with zero attached hydrogens (tertiary/aromatic N) is 1. The predicted octanol–water partition coefficient (Wildman–Crippen LogP) is 0.550. The van der Waals surface area contributed by atoms with Crippen molar-refractivity contribution >= 4 is 22.6 Å². The summed E-state index contributed by atoms with van der Waals surface area (Å²) < 4.78 is 2.09. The predicted molar refractivity (Wildman–Crippen MR) is 72.0 cm³/mol. The second-order valence-electron chi connectivity index (χ2n) is 4.62. The molecule has 2 atom stereocenters. The van der Waals surface area contributed by atoms with E-state index in [1.807, 2.05) is 22.6 Å². The van der Waals surface area contributed by atoms with Crippen LogP contribution in [0.25, 0.3) is 0 Å². The lowest BCUT2D eigenvalue weighted by Gasteiger charge is -2.12. The third-order valence-electron chi connectivity index (χ3n) is 3.33. The molecule has 5 nitrogen and oxygen atoms in total. The standard InChI is InChI=1S/C11H15IN2O3/c12-9-5-14(11(17)13-10(9)16)4-7-1-2-8(3-7)6-15/h5,7-8,15H,1-4,6H2,(H,13,16,17). The third kappa shape index (κ3) is 2.98. The summed E-state index contributed by atoms with van der Waals surface area (Å²) in [5, 5.41) is 9.07. The van der Waals surface area contributed by atoms with E-state index in [1.165, 1.54) is 0 Å². The van der Waals surface area contributed by atoms with Crippen LogP contribution in [0.1, 0.15) is 19.3 Å². The van der Waals surface area contributed by atoms with Crippen LogP contribution < -0.4 is 11.2 Å². The summed E-state index contributed by atoms with van der Waals surface area (Å²) in [4.78, 5) is 25.1. The summed E-state index contributed by atoms with van der Waals surface area (Å²) in [5.74, 6) is 0.795. The Morgan fingerprint density at radius 2 is 2.12 bits per heavy atom. The molecule has 6 heteroatoms. The fourth-order valence-electron chi connectivity index (χ4n) is 2.41. The summed E-state index contributed by atoms with van der Waals surface area (Å²) in [5.41, 5.74) is -0.672. The molecule has 1 aliphatic rings. The highest BCUT2D eigenvalue weighted by Gasteiger charge is 2.24. The minimum absolute atomic E-state index is 0.231. The third-order valence-corrected chi connectivity index (χ3v) is 4.10. The molecule has 0 bridgehead atoms. The molecule has 1 fully saturated rings. The molecule has 1 aliphatic carbocycles. The monoisotopic (exact) mass is 350 g/mol. The Labute approximate surface area is 112 Å². The van der Waals surface area contributed by atoms with Crippen molar-refractivity contribution in [1.29, 1.82) is 0 Å². The first-order valence-corrected chi connectivity index (χ1v) is 6.78. The Morgan fingerprint density at radius 1 is 1.41 bits per heavy atom. The smallest absolute Gasteiger partial charge is 0.328 e. The van der Waals surface area contributed by atoms with Crippen molar-refractivity contribution in [3.05, 3.63) is 30.6 Å². The molecule has 1 aromatic rings. The molecule has 0 saturated heterocycles. The molecule has 0 aromatic carbocycles. The van der Waals surface area contributed by atoms with Crippen LogP contribution in [0, 0.1) is 15.4 Å². The Balaban J connectivity index is 2.12. The van der Waals surface area contributed by atoms with Gasteiger partial charge < -0.3 is 5.11 Å². The average Bonchev–Trinajstić information content (AvgIpc) is 2.73. The van der Waals surface area contributed by atoms with Crippen LogP contribution in [0.3, 0.4) is 0 Å². The first-order chi connectivity index (χ1) is 8.10. The molecular formula is C11H15IN2O3. The van der Waals surface area contributed by atoms with Crippen LogP contribution in [0.2, 0.25) is 0 Å². The van der Waals surface area contributed by atoms with Crippen molar-refractivity contribution in [2.24, 2.45) is 11.8 Å². The summed E-state index contributed by atoms with van der Waals surface area (Å²) in [6, 6.07) is 0. The SMILES string of the molecule is O=c1[nH]c(=O)n(CC2CCC(CO)C2)cc1I. The number of nitrogens with one attached hydrogen (secondary N) is 1. The summed E-state index contributed by atoms with van der Waals surface area (Å²) in [6.07, 6.45) is 4.62. The van der Waals surface area contributed by atoms with Gasteiger partial charge in [-0.05, 0) is 53.7 Å². The van der Waals surface area contributed by atoms with Gasteiger partial charge in [0.1, 0.15) is 0 Å². The number of aliphatic hydroxyl groups excluding tert-OH is 1. The van der Waals surface area contributed by atoms with Crippen molar-refractivity contribution in [3.8, 4) is 0 Å². The lowest BCUT2D eigenvalue weighted by molar-refractivity contribution is 0.224. The molecule has 94 valence electrons. The van der Waals surface area contributed by atoms with Crippen LogP contribution in [0.15, 0.2) is 15.8 Å². The molecule has 0 spiro atoms. The quantitative estimate of drug-likeness (QED) is 0.782. The van der Waals surface area contributed by atoms with Gasteiger partial charge >= 0.3 is 5.69 Å². The number of aromatic nitrogens is 2. The van der Waals surface area contributed by atoms with E-state index in [0.29, 0.717) is 22.0 Å². The number of aliphatic hydroxyl groups is 1. The van der Waals surface area contributed by atoms with E-state index in [4.69, 9.17) is 5.11 Å². The molecule has 1 aromatic heterocycles. The first kappa shape index (κ1) is 12.8.